The molecule has 0 amide bonds. The molecule has 0 aromatic heterocycles. The molecule has 0 unspecified atom stereocenters. The van der Waals surface area contributed by atoms with Crippen LogP contribution in [0, 0.1) is 0 Å². The van der Waals surface area contributed by atoms with Crippen molar-refractivity contribution >= 4 is 23.7 Å². The number of ether oxygens (including phenoxy) is 2. The molecule has 0 aliphatic rings. The summed E-state index contributed by atoms with van der Waals surface area (Å²) in [5, 5.41) is 0. The second-order valence-electron chi connectivity index (χ2n) is 11.3. The van der Waals surface area contributed by atoms with E-state index in [0.29, 0.717) is 37.6 Å². The Kier molecular flexibility index (Phi) is 32.9. The van der Waals surface area contributed by atoms with E-state index in [1.807, 2.05) is 0 Å². The highest BCUT2D eigenvalue weighted by molar-refractivity contribution is 7.99. The summed E-state index contributed by atoms with van der Waals surface area (Å²) in [4.78, 5) is 23.7. The van der Waals surface area contributed by atoms with E-state index >= 15 is 0 Å². The van der Waals surface area contributed by atoms with Crippen LogP contribution in [0.4, 0.5) is 0 Å². The van der Waals surface area contributed by atoms with Crippen molar-refractivity contribution in [3.63, 3.8) is 0 Å². The van der Waals surface area contributed by atoms with Crippen LogP contribution < -0.4 is 0 Å². The van der Waals surface area contributed by atoms with Crippen LogP contribution in [0.5, 0.6) is 0 Å². The van der Waals surface area contributed by atoms with Gasteiger partial charge in [0.05, 0.1) is 26.1 Å². The normalized spacial score (nSPS) is 11.1. The van der Waals surface area contributed by atoms with Crippen LogP contribution in [-0.2, 0) is 19.1 Å². The van der Waals surface area contributed by atoms with E-state index in [0.717, 1.165) is 25.7 Å². The standard InChI is InChI=1S/C34H66O4S/c1-3-5-7-9-11-13-15-16-17-18-20-22-24-26-30-38-34(36)28-32-39-31-27-33(35)37-29-25-23-21-19-14-12-10-8-6-4-2/h3-32H2,1-2H3. The fourth-order valence-electron chi connectivity index (χ4n) is 4.82. The molecule has 0 radical (unpaired) electrons. The Balaban J connectivity index is 3.26. The molecule has 232 valence electrons. The van der Waals surface area contributed by atoms with Crippen LogP contribution in [0.2, 0.25) is 0 Å². The lowest BCUT2D eigenvalue weighted by molar-refractivity contribution is -0.144. The molecule has 5 heteroatoms. The van der Waals surface area contributed by atoms with Crippen molar-refractivity contribution in [1.82, 2.24) is 0 Å². The Morgan fingerprint density at radius 1 is 0.410 bits per heavy atom. The van der Waals surface area contributed by atoms with Crippen molar-refractivity contribution in [2.45, 2.75) is 181 Å². The highest BCUT2D eigenvalue weighted by Gasteiger charge is 2.06. The number of hydrogen-bond acceptors (Lipinski definition) is 5. The Morgan fingerprint density at radius 2 is 0.667 bits per heavy atom. The smallest absolute Gasteiger partial charge is 0.306 e. The van der Waals surface area contributed by atoms with Crippen LogP contribution >= 0.6 is 11.8 Å². The van der Waals surface area contributed by atoms with Crippen LogP contribution in [0.15, 0.2) is 0 Å². The van der Waals surface area contributed by atoms with Crippen LogP contribution in [0.1, 0.15) is 181 Å². The maximum atomic E-state index is 11.9. The van der Waals surface area contributed by atoms with Crippen molar-refractivity contribution in [2.24, 2.45) is 0 Å². The summed E-state index contributed by atoms with van der Waals surface area (Å²) in [5.74, 6) is 1.20. The SMILES string of the molecule is CCCCCCCCCCCCCCCCOC(=O)CCSCCC(=O)OCCCCCCCCCCCC. The van der Waals surface area contributed by atoms with Gasteiger partial charge in [-0.15, -0.1) is 0 Å². The summed E-state index contributed by atoms with van der Waals surface area (Å²) in [6.45, 7) is 5.63. The van der Waals surface area contributed by atoms with Gasteiger partial charge in [0, 0.05) is 11.5 Å². The molecular formula is C34H66O4S. The summed E-state index contributed by atoms with van der Waals surface area (Å²) in [6.07, 6.45) is 32.3. The first-order chi connectivity index (χ1) is 19.2. The Hall–Kier alpha value is -0.710. The number of rotatable bonds is 32. The summed E-state index contributed by atoms with van der Waals surface area (Å²) in [6, 6.07) is 0. The molecule has 0 rings (SSSR count). The zero-order valence-electron chi connectivity index (χ0n) is 26.3. The molecule has 0 aromatic carbocycles. The summed E-state index contributed by atoms with van der Waals surface area (Å²) < 4.78 is 10.7. The van der Waals surface area contributed by atoms with Crippen molar-refractivity contribution in [3.05, 3.63) is 0 Å². The quantitative estimate of drug-likeness (QED) is 0.0594. The molecule has 0 N–H and O–H groups in total. The number of carbonyl (C=O) groups excluding carboxylic acids is 2. The van der Waals surface area contributed by atoms with E-state index < -0.39 is 0 Å². The maximum Gasteiger partial charge on any atom is 0.306 e. The summed E-state index contributed by atoms with van der Waals surface area (Å²) >= 11 is 1.63. The molecule has 0 saturated carbocycles. The minimum Gasteiger partial charge on any atom is -0.466 e. The van der Waals surface area contributed by atoms with Gasteiger partial charge < -0.3 is 9.47 Å². The summed E-state index contributed by atoms with van der Waals surface area (Å²) in [5.41, 5.74) is 0. The molecule has 39 heavy (non-hydrogen) atoms. The van der Waals surface area contributed by atoms with Gasteiger partial charge in [0.2, 0.25) is 0 Å². The largest absolute Gasteiger partial charge is 0.466 e. The first kappa shape index (κ1) is 38.3. The predicted octanol–water partition coefficient (Wildman–Crippen LogP) is 11.0. The van der Waals surface area contributed by atoms with E-state index in [-0.39, 0.29) is 11.9 Å². The topological polar surface area (TPSA) is 52.6 Å². The molecule has 0 aliphatic heterocycles. The van der Waals surface area contributed by atoms with Gasteiger partial charge in [-0.1, -0.05) is 155 Å². The van der Waals surface area contributed by atoms with Gasteiger partial charge in [-0.3, -0.25) is 9.59 Å². The molecule has 0 aromatic rings. The lowest BCUT2D eigenvalue weighted by Gasteiger charge is -2.06. The number of carbonyl (C=O) groups is 2. The highest BCUT2D eigenvalue weighted by Crippen LogP contribution is 2.14. The van der Waals surface area contributed by atoms with Crippen molar-refractivity contribution in [3.8, 4) is 0 Å². The van der Waals surface area contributed by atoms with Crippen LogP contribution in [0.3, 0.4) is 0 Å². The highest BCUT2D eigenvalue weighted by atomic mass is 32.2. The molecule has 4 nitrogen and oxygen atoms in total. The number of unbranched alkanes of at least 4 members (excludes halogenated alkanes) is 22. The molecule has 0 heterocycles. The Bertz CT molecular complexity index is 511. The zero-order chi connectivity index (χ0) is 28.5. The monoisotopic (exact) mass is 570 g/mol. The Labute approximate surface area is 247 Å². The first-order valence-corrected chi connectivity index (χ1v) is 18.2. The van der Waals surface area contributed by atoms with Gasteiger partial charge in [0.25, 0.3) is 0 Å². The Morgan fingerprint density at radius 3 is 0.949 bits per heavy atom. The van der Waals surface area contributed by atoms with Crippen molar-refractivity contribution in [2.75, 3.05) is 24.7 Å². The van der Waals surface area contributed by atoms with Gasteiger partial charge in [0.15, 0.2) is 0 Å². The molecule has 0 saturated heterocycles. The van der Waals surface area contributed by atoms with Gasteiger partial charge in [0.1, 0.15) is 0 Å². The van der Waals surface area contributed by atoms with Gasteiger partial charge >= 0.3 is 11.9 Å². The zero-order valence-corrected chi connectivity index (χ0v) is 27.1. The molecule has 0 bridgehead atoms. The van der Waals surface area contributed by atoms with E-state index in [1.165, 1.54) is 128 Å². The fourth-order valence-corrected chi connectivity index (χ4v) is 5.64. The van der Waals surface area contributed by atoms with Crippen molar-refractivity contribution < 1.29 is 19.1 Å². The lowest BCUT2D eigenvalue weighted by Crippen LogP contribution is -2.09. The van der Waals surface area contributed by atoms with Gasteiger partial charge in [-0.05, 0) is 12.8 Å². The van der Waals surface area contributed by atoms with Crippen LogP contribution in [-0.4, -0.2) is 36.7 Å². The minimum absolute atomic E-state index is 0.110. The molecule has 0 spiro atoms. The number of esters is 2. The third-order valence-electron chi connectivity index (χ3n) is 7.42. The fraction of sp³-hybridized carbons (Fsp3) is 0.941. The van der Waals surface area contributed by atoms with E-state index in [1.54, 1.807) is 11.8 Å². The number of hydrogen-bond donors (Lipinski definition) is 0. The molecule has 0 aliphatic carbocycles. The first-order valence-electron chi connectivity index (χ1n) is 17.1. The average molecular weight is 571 g/mol. The number of thioether (sulfide) groups is 1. The molecule has 0 atom stereocenters. The predicted molar refractivity (Wildman–Crippen MR) is 171 cm³/mol. The molecule has 0 fully saturated rings. The van der Waals surface area contributed by atoms with E-state index in [2.05, 4.69) is 13.8 Å². The van der Waals surface area contributed by atoms with E-state index in [9.17, 15) is 9.59 Å². The van der Waals surface area contributed by atoms with Gasteiger partial charge in [-0.25, -0.2) is 0 Å². The average Bonchev–Trinajstić information content (AvgIpc) is 2.93. The van der Waals surface area contributed by atoms with Crippen molar-refractivity contribution in [1.29, 1.82) is 0 Å². The second-order valence-corrected chi connectivity index (χ2v) is 12.6. The maximum absolute atomic E-state index is 11.9. The third-order valence-corrected chi connectivity index (χ3v) is 8.41. The third kappa shape index (κ3) is 33.4. The van der Waals surface area contributed by atoms with E-state index in [4.69, 9.17) is 9.47 Å². The second kappa shape index (κ2) is 33.5. The van der Waals surface area contributed by atoms with Gasteiger partial charge in [-0.2, -0.15) is 11.8 Å². The minimum atomic E-state index is -0.112. The molecular weight excluding hydrogens is 504 g/mol. The lowest BCUT2D eigenvalue weighted by atomic mass is 10.0. The van der Waals surface area contributed by atoms with Crippen LogP contribution in [0.25, 0.3) is 0 Å². The summed E-state index contributed by atoms with van der Waals surface area (Å²) in [7, 11) is 0.